The number of hydrogen-bond acceptors (Lipinski definition) is 3. The SMILES string of the molecule is O=C(O)C(CO)CC1CCN(Cc2ccccc2)C1. The van der Waals surface area contributed by atoms with Gasteiger partial charge in [0.15, 0.2) is 0 Å². The largest absolute Gasteiger partial charge is 0.481 e. The van der Waals surface area contributed by atoms with Gasteiger partial charge in [0.1, 0.15) is 0 Å². The Bertz CT molecular complexity index is 407. The van der Waals surface area contributed by atoms with Crippen molar-refractivity contribution in [2.45, 2.75) is 19.4 Å². The smallest absolute Gasteiger partial charge is 0.308 e. The minimum absolute atomic E-state index is 0.259. The van der Waals surface area contributed by atoms with Crippen molar-refractivity contribution in [1.29, 1.82) is 0 Å². The molecular formula is C15H21NO3. The third-order valence-corrected chi connectivity index (χ3v) is 3.81. The summed E-state index contributed by atoms with van der Waals surface area (Å²) in [5, 5.41) is 18.0. The van der Waals surface area contributed by atoms with Crippen molar-refractivity contribution in [2.75, 3.05) is 19.7 Å². The van der Waals surface area contributed by atoms with Crippen LogP contribution in [0.3, 0.4) is 0 Å². The summed E-state index contributed by atoms with van der Waals surface area (Å²) in [7, 11) is 0. The zero-order valence-electron chi connectivity index (χ0n) is 11.0. The number of rotatable bonds is 6. The first-order valence-electron chi connectivity index (χ1n) is 6.79. The average Bonchev–Trinajstić information content (AvgIpc) is 2.84. The second kappa shape index (κ2) is 6.68. The third-order valence-electron chi connectivity index (χ3n) is 3.81. The minimum Gasteiger partial charge on any atom is -0.481 e. The molecule has 2 atom stereocenters. The molecule has 104 valence electrons. The van der Waals surface area contributed by atoms with Crippen molar-refractivity contribution in [3.63, 3.8) is 0 Å². The Morgan fingerprint density at radius 1 is 1.37 bits per heavy atom. The van der Waals surface area contributed by atoms with E-state index >= 15 is 0 Å². The maximum atomic E-state index is 10.9. The maximum Gasteiger partial charge on any atom is 0.308 e. The van der Waals surface area contributed by atoms with Crippen LogP contribution in [0, 0.1) is 11.8 Å². The summed E-state index contributed by atoms with van der Waals surface area (Å²) in [6.45, 7) is 2.61. The lowest BCUT2D eigenvalue weighted by Gasteiger charge is -2.17. The summed E-state index contributed by atoms with van der Waals surface area (Å²) < 4.78 is 0. The Labute approximate surface area is 113 Å². The monoisotopic (exact) mass is 263 g/mol. The highest BCUT2D eigenvalue weighted by Crippen LogP contribution is 2.24. The molecule has 1 aliphatic heterocycles. The molecule has 0 bridgehead atoms. The average molecular weight is 263 g/mol. The van der Waals surface area contributed by atoms with Crippen LogP contribution in [0.25, 0.3) is 0 Å². The van der Waals surface area contributed by atoms with Crippen LogP contribution in [0.1, 0.15) is 18.4 Å². The second-order valence-electron chi connectivity index (χ2n) is 5.33. The fourth-order valence-electron chi connectivity index (χ4n) is 2.75. The zero-order chi connectivity index (χ0) is 13.7. The van der Waals surface area contributed by atoms with E-state index in [-0.39, 0.29) is 6.61 Å². The Kier molecular flexibility index (Phi) is 4.93. The first kappa shape index (κ1) is 14.0. The van der Waals surface area contributed by atoms with E-state index in [1.807, 2.05) is 18.2 Å². The van der Waals surface area contributed by atoms with Crippen LogP contribution >= 0.6 is 0 Å². The molecule has 0 saturated carbocycles. The summed E-state index contributed by atoms with van der Waals surface area (Å²) in [6.07, 6.45) is 1.60. The van der Waals surface area contributed by atoms with Gasteiger partial charge >= 0.3 is 5.97 Å². The van der Waals surface area contributed by atoms with Gasteiger partial charge in [0, 0.05) is 13.1 Å². The zero-order valence-corrected chi connectivity index (χ0v) is 11.0. The maximum absolute atomic E-state index is 10.9. The fraction of sp³-hybridized carbons (Fsp3) is 0.533. The van der Waals surface area contributed by atoms with Gasteiger partial charge in [-0.05, 0) is 30.9 Å². The molecule has 1 aromatic rings. The van der Waals surface area contributed by atoms with E-state index in [0.717, 1.165) is 26.1 Å². The third kappa shape index (κ3) is 4.04. The molecule has 0 aliphatic carbocycles. The van der Waals surface area contributed by atoms with Gasteiger partial charge < -0.3 is 10.2 Å². The van der Waals surface area contributed by atoms with E-state index in [4.69, 9.17) is 10.2 Å². The molecule has 0 amide bonds. The predicted octanol–water partition coefficient (Wildman–Crippen LogP) is 1.59. The lowest BCUT2D eigenvalue weighted by Crippen LogP contribution is -2.24. The highest BCUT2D eigenvalue weighted by Gasteiger charge is 2.27. The molecule has 19 heavy (non-hydrogen) atoms. The van der Waals surface area contributed by atoms with E-state index in [9.17, 15) is 4.79 Å². The molecular weight excluding hydrogens is 242 g/mol. The highest BCUT2D eigenvalue weighted by molar-refractivity contribution is 5.70. The van der Waals surface area contributed by atoms with E-state index in [2.05, 4.69) is 17.0 Å². The van der Waals surface area contributed by atoms with Crippen molar-refractivity contribution >= 4 is 5.97 Å². The van der Waals surface area contributed by atoms with Crippen molar-refractivity contribution in [3.8, 4) is 0 Å². The van der Waals surface area contributed by atoms with E-state index in [0.29, 0.717) is 12.3 Å². The summed E-state index contributed by atoms with van der Waals surface area (Å²) in [4.78, 5) is 13.3. The van der Waals surface area contributed by atoms with Crippen LogP contribution in [0.4, 0.5) is 0 Å². The summed E-state index contributed by atoms with van der Waals surface area (Å²) in [5.41, 5.74) is 1.29. The number of hydrogen-bond donors (Lipinski definition) is 2. The highest BCUT2D eigenvalue weighted by atomic mass is 16.4. The molecule has 2 rings (SSSR count). The number of likely N-dealkylation sites (tertiary alicyclic amines) is 1. The van der Waals surface area contributed by atoms with Gasteiger partial charge in [-0.15, -0.1) is 0 Å². The molecule has 4 nitrogen and oxygen atoms in total. The molecule has 1 aliphatic rings. The van der Waals surface area contributed by atoms with Gasteiger partial charge in [0.2, 0.25) is 0 Å². The number of nitrogens with zero attached hydrogens (tertiary/aromatic N) is 1. The number of aliphatic hydroxyl groups is 1. The quantitative estimate of drug-likeness (QED) is 0.818. The van der Waals surface area contributed by atoms with Crippen LogP contribution in [0.5, 0.6) is 0 Å². The van der Waals surface area contributed by atoms with Gasteiger partial charge in [0.25, 0.3) is 0 Å². The van der Waals surface area contributed by atoms with E-state index in [1.54, 1.807) is 0 Å². The molecule has 2 N–H and O–H groups in total. The van der Waals surface area contributed by atoms with Gasteiger partial charge in [-0.25, -0.2) is 0 Å². The second-order valence-corrected chi connectivity index (χ2v) is 5.33. The van der Waals surface area contributed by atoms with Gasteiger partial charge in [-0.3, -0.25) is 9.69 Å². The van der Waals surface area contributed by atoms with Crippen LogP contribution in [-0.2, 0) is 11.3 Å². The first-order chi connectivity index (χ1) is 9.19. The number of aliphatic carboxylic acids is 1. The summed E-state index contributed by atoms with van der Waals surface area (Å²) in [5.74, 6) is -1.11. The van der Waals surface area contributed by atoms with Crippen LogP contribution in [0.2, 0.25) is 0 Å². The Balaban J connectivity index is 1.81. The lowest BCUT2D eigenvalue weighted by molar-refractivity contribution is -0.143. The van der Waals surface area contributed by atoms with Crippen LogP contribution < -0.4 is 0 Å². The molecule has 1 heterocycles. The lowest BCUT2D eigenvalue weighted by atomic mass is 9.94. The molecule has 1 fully saturated rings. The van der Waals surface area contributed by atoms with Crippen molar-refractivity contribution in [3.05, 3.63) is 35.9 Å². The van der Waals surface area contributed by atoms with Crippen molar-refractivity contribution in [1.82, 2.24) is 4.90 Å². The van der Waals surface area contributed by atoms with Gasteiger partial charge in [0.05, 0.1) is 12.5 Å². The predicted molar refractivity (Wildman–Crippen MR) is 72.7 cm³/mol. The minimum atomic E-state index is -0.885. The van der Waals surface area contributed by atoms with Crippen molar-refractivity contribution < 1.29 is 15.0 Å². The number of carboxylic acid groups (broad SMARTS) is 1. The van der Waals surface area contributed by atoms with Crippen LogP contribution in [-0.4, -0.2) is 40.8 Å². The molecule has 0 radical (unpaired) electrons. The molecule has 2 unspecified atom stereocenters. The first-order valence-corrected chi connectivity index (χ1v) is 6.79. The van der Waals surface area contributed by atoms with E-state index in [1.165, 1.54) is 5.56 Å². The topological polar surface area (TPSA) is 60.8 Å². The molecule has 1 aromatic carbocycles. The summed E-state index contributed by atoms with van der Waals surface area (Å²) >= 11 is 0. The van der Waals surface area contributed by atoms with Gasteiger partial charge in [-0.2, -0.15) is 0 Å². The number of carbonyl (C=O) groups is 1. The molecule has 0 aromatic heterocycles. The molecule has 4 heteroatoms. The van der Waals surface area contributed by atoms with Crippen LogP contribution in [0.15, 0.2) is 30.3 Å². The molecule has 0 spiro atoms. The standard InChI is InChI=1S/C15H21NO3/c17-11-14(15(18)19)8-13-6-7-16(10-13)9-12-4-2-1-3-5-12/h1-5,13-14,17H,6-11H2,(H,18,19). The number of carboxylic acids is 1. The number of aliphatic hydroxyl groups excluding tert-OH is 1. The van der Waals surface area contributed by atoms with Crippen molar-refractivity contribution in [2.24, 2.45) is 11.8 Å². The molecule has 1 saturated heterocycles. The fourth-order valence-corrected chi connectivity index (χ4v) is 2.75. The number of benzene rings is 1. The normalized spacial score (nSPS) is 21.4. The van der Waals surface area contributed by atoms with Gasteiger partial charge in [-0.1, -0.05) is 30.3 Å². The van der Waals surface area contributed by atoms with E-state index < -0.39 is 11.9 Å². The summed E-state index contributed by atoms with van der Waals surface area (Å²) in [6, 6.07) is 10.3. The Hall–Kier alpha value is -1.39. The Morgan fingerprint density at radius 2 is 2.11 bits per heavy atom. The Morgan fingerprint density at radius 3 is 2.74 bits per heavy atom.